The number of hydrogen-bond donors (Lipinski definition) is 2. The maximum Gasteiger partial charge on any atom is 0.253 e. The van der Waals surface area contributed by atoms with E-state index in [0.29, 0.717) is 11.3 Å². The third-order valence-electron chi connectivity index (χ3n) is 4.07. The van der Waals surface area contributed by atoms with Crippen LogP contribution in [0.2, 0.25) is 0 Å². The van der Waals surface area contributed by atoms with E-state index in [9.17, 15) is 4.79 Å². The summed E-state index contributed by atoms with van der Waals surface area (Å²) in [4.78, 5) is 12.4. The van der Waals surface area contributed by atoms with Gasteiger partial charge in [0, 0.05) is 16.2 Å². The van der Waals surface area contributed by atoms with Gasteiger partial charge in [-0.2, -0.15) is 0 Å². The topological polar surface area (TPSA) is 55.1 Å². The lowest BCUT2D eigenvalue weighted by atomic mass is 9.73. The molecule has 19 heavy (non-hydrogen) atoms. The number of hydrogen-bond acceptors (Lipinski definition) is 2. The monoisotopic (exact) mass is 324 g/mol. The van der Waals surface area contributed by atoms with Gasteiger partial charge in [-0.3, -0.25) is 4.79 Å². The van der Waals surface area contributed by atoms with Gasteiger partial charge >= 0.3 is 0 Å². The van der Waals surface area contributed by atoms with Crippen LogP contribution in [0.1, 0.15) is 49.9 Å². The predicted octanol–water partition coefficient (Wildman–Crippen LogP) is 3.73. The van der Waals surface area contributed by atoms with Crippen molar-refractivity contribution < 1.29 is 4.79 Å². The van der Waals surface area contributed by atoms with E-state index >= 15 is 0 Å². The Hall–Kier alpha value is -1.03. The van der Waals surface area contributed by atoms with Gasteiger partial charge in [-0.05, 0) is 36.5 Å². The zero-order chi connectivity index (χ0) is 14.0. The number of nitrogens with one attached hydrogen (secondary N) is 1. The highest BCUT2D eigenvalue weighted by atomic mass is 79.9. The van der Waals surface area contributed by atoms with Gasteiger partial charge in [0.15, 0.2) is 0 Å². The average Bonchev–Trinajstić information content (AvgIpc) is 2.34. The van der Waals surface area contributed by atoms with Gasteiger partial charge in [0.2, 0.25) is 0 Å². The molecule has 0 saturated heterocycles. The van der Waals surface area contributed by atoms with Crippen molar-refractivity contribution in [2.45, 2.75) is 45.6 Å². The van der Waals surface area contributed by atoms with Crippen LogP contribution in [0.5, 0.6) is 0 Å². The summed E-state index contributed by atoms with van der Waals surface area (Å²) in [6.45, 7) is 4.45. The number of nitrogen functional groups attached to an aromatic ring is 1. The third-order valence-corrected chi connectivity index (χ3v) is 4.57. The van der Waals surface area contributed by atoms with Crippen molar-refractivity contribution in [2.24, 2.45) is 5.41 Å². The fourth-order valence-electron chi connectivity index (χ4n) is 2.72. The molecule has 3 nitrogen and oxygen atoms in total. The van der Waals surface area contributed by atoms with Gasteiger partial charge in [-0.15, -0.1) is 0 Å². The molecule has 1 saturated carbocycles. The molecule has 0 radical (unpaired) electrons. The standard InChI is InChI=1S/C15H21BrN2O/c1-15(2)8-4-3-5-13(15)18-14(19)11-9-10(16)6-7-12(11)17/h6-7,9,13H,3-5,8,17H2,1-2H3,(H,18,19). The van der Waals surface area contributed by atoms with Crippen LogP contribution in [0.4, 0.5) is 5.69 Å². The second-order valence-electron chi connectivity index (χ2n) is 5.99. The minimum absolute atomic E-state index is 0.0706. The summed E-state index contributed by atoms with van der Waals surface area (Å²) < 4.78 is 0.870. The van der Waals surface area contributed by atoms with Crippen molar-refractivity contribution in [3.63, 3.8) is 0 Å². The molecule has 1 amide bonds. The van der Waals surface area contributed by atoms with E-state index in [1.54, 1.807) is 12.1 Å². The Kier molecular flexibility index (Phi) is 4.19. The summed E-state index contributed by atoms with van der Waals surface area (Å²) in [6, 6.07) is 5.61. The molecule has 4 heteroatoms. The van der Waals surface area contributed by atoms with E-state index in [0.717, 1.165) is 17.3 Å². The molecule has 1 aliphatic carbocycles. The molecule has 3 N–H and O–H groups in total. The molecular weight excluding hydrogens is 304 g/mol. The molecule has 0 aliphatic heterocycles. The molecule has 104 valence electrons. The van der Waals surface area contributed by atoms with E-state index in [1.165, 1.54) is 12.8 Å². The van der Waals surface area contributed by atoms with Crippen LogP contribution < -0.4 is 11.1 Å². The van der Waals surface area contributed by atoms with Crippen LogP contribution >= 0.6 is 15.9 Å². The van der Waals surface area contributed by atoms with Crippen LogP contribution in [-0.4, -0.2) is 11.9 Å². The molecule has 1 aliphatic rings. The fourth-order valence-corrected chi connectivity index (χ4v) is 3.08. The van der Waals surface area contributed by atoms with Crippen LogP contribution in [0.15, 0.2) is 22.7 Å². The number of anilines is 1. The van der Waals surface area contributed by atoms with E-state index in [-0.39, 0.29) is 17.4 Å². The fraction of sp³-hybridized carbons (Fsp3) is 0.533. The molecule has 2 rings (SSSR count). The number of carbonyl (C=O) groups excluding carboxylic acids is 1. The largest absolute Gasteiger partial charge is 0.398 e. The summed E-state index contributed by atoms with van der Waals surface area (Å²) in [7, 11) is 0. The average molecular weight is 325 g/mol. The molecule has 0 aromatic heterocycles. The molecular formula is C15H21BrN2O. The molecule has 1 atom stereocenters. The Labute approximate surface area is 123 Å². The van der Waals surface area contributed by atoms with Crippen molar-refractivity contribution in [3.8, 4) is 0 Å². The summed E-state index contributed by atoms with van der Waals surface area (Å²) in [5.41, 5.74) is 7.12. The van der Waals surface area contributed by atoms with Crippen LogP contribution in [-0.2, 0) is 0 Å². The maximum absolute atomic E-state index is 12.4. The molecule has 1 unspecified atom stereocenters. The third kappa shape index (κ3) is 3.30. The molecule has 1 aromatic rings. The van der Waals surface area contributed by atoms with Crippen LogP contribution in [0.3, 0.4) is 0 Å². The van der Waals surface area contributed by atoms with Crippen molar-refractivity contribution in [3.05, 3.63) is 28.2 Å². The van der Waals surface area contributed by atoms with Gasteiger partial charge in [0.1, 0.15) is 0 Å². The van der Waals surface area contributed by atoms with Gasteiger partial charge < -0.3 is 11.1 Å². The number of nitrogens with two attached hydrogens (primary N) is 1. The van der Waals surface area contributed by atoms with Crippen molar-refractivity contribution in [1.29, 1.82) is 0 Å². The molecule has 0 heterocycles. The Morgan fingerprint density at radius 3 is 2.84 bits per heavy atom. The van der Waals surface area contributed by atoms with Crippen LogP contribution in [0, 0.1) is 5.41 Å². The molecule has 0 bridgehead atoms. The second-order valence-corrected chi connectivity index (χ2v) is 6.91. The SMILES string of the molecule is CC1(C)CCCCC1NC(=O)c1cc(Br)ccc1N. The summed E-state index contributed by atoms with van der Waals surface area (Å²) in [5.74, 6) is -0.0706. The number of halogens is 1. The zero-order valence-electron chi connectivity index (χ0n) is 11.5. The van der Waals surface area contributed by atoms with Crippen molar-refractivity contribution in [2.75, 3.05) is 5.73 Å². The van der Waals surface area contributed by atoms with E-state index < -0.39 is 0 Å². The van der Waals surface area contributed by atoms with Crippen molar-refractivity contribution >= 4 is 27.5 Å². The van der Waals surface area contributed by atoms with Gasteiger partial charge in [0.05, 0.1) is 5.56 Å². The first-order chi connectivity index (χ1) is 8.90. The maximum atomic E-state index is 12.4. The van der Waals surface area contributed by atoms with Gasteiger partial charge in [-0.1, -0.05) is 42.6 Å². The lowest BCUT2D eigenvalue weighted by Crippen LogP contribution is -2.46. The Bertz CT molecular complexity index is 485. The summed E-state index contributed by atoms with van der Waals surface area (Å²) in [6.07, 6.45) is 4.64. The highest BCUT2D eigenvalue weighted by Crippen LogP contribution is 2.35. The summed E-state index contributed by atoms with van der Waals surface area (Å²) in [5, 5.41) is 3.15. The Balaban J connectivity index is 2.14. The highest BCUT2D eigenvalue weighted by Gasteiger charge is 2.33. The normalized spacial score (nSPS) is 21.9. The quantitative estimate of drug-likeness (QED) is 0.814. The number of amides is 1. The first-order valence-electron chi connectivity index (χ1n) is 6.76. The minimum atomic E-state index is -0.0706. The lowest BCUT2D eigenvalue weighted by Gasteiger charge is -2.39. The predicted molar refractivity (Wildman–Crippen MR) is 82.1 cm³/mol. The van der Waals surface area contributed by atoms with E-state index in [2.05, 4.69) is 35.1 Å². The minimum Gasteiger partial charge on any atom is -0.398 e. The smallest absolute Gasteiger partial charge is 0.253 e. The lowest BCUT2D eigenvalue weighted by molar-refractivity contribution is 0.0854. The van der Waals surface area contributed by atoms with Gasteiger partial charge in [0.25, 0.3) is 5.91 Å². The summed E-state index contributed by atoms with van der Waals surface area (Å²) >= 11 is 3.38. The molecule has 1 aromatic carbocycles. The van der Waals surface area contributed by atoms with Crippen molar-refractivity contribution in [1.82, 2.24) is 5.32 Å². The second kappa shape index (κ2) is 5.53. The van der Waals surface area contributed by atoms with Crippen LogP contribution in [0.25, 0.3) is 0 Å². The van der Waals surface area contributed by atoms with E-state index in [1.807, 2.05) is 6.07 Å². The zero-order valence-corrected chi connectivity index (χ0v) is 13.1. The Morgan fingerprint density at radius 1 is 1.42 bits per heavy atom. The number of carbonyl (C=O) groups is 1. The Morgan fingerprint density at radius 2 is 2.16 bits per heavy atom. The number of benzene rings is 1. The van der Waals surface area contributed by atoms with Gasteiger partial charge in [-0.25, -0.2) is 0 Å². The first-order valence-corrected chi connectivity index (χ1v) is 7.55. The first kappa shape index (κ1) is 14.4. The number of rotatable bonds is 2. The van der Waals surface area contributed by atoms with E-state index in [4.69, 9.17) is 5.73 Å². The highest BCUT2D eigenvalue weighted by molar-refractivity contribution is 9.10. The molecule has 0 spiro atoms. The molecule has 1 fully saturated rings.